The van der Waals surface area contributed by atoms with E-state index in [1.807, 2.05) is 31.2 Å². The Hall–Kier alpha value is -1.06. The zero-order chi connectivity index (χ0) is 13.4. The molecule has 1 atom stereocenters. The molecule has 0 unspecified atom stereocenters. The van der Waals surface area contributed by atoms with Crippen molar-refractivity contribution in [2.45, 2.75) is 39.2 Å². The van der Waals surface area contributed by atoms with Crippen LogP contribution in [0.5, 0.6) is 0 Å². The minimum Gasteiger partial charge on any atom is -0.395 e. The highest BCUT2D eigenvalue weighted by Crippen LogP contribution is 2.28. The molecule has 1 aromatic rings. The van der Waals surface area contributed by atoms with Crippen molar-refractivity contribution in [3.8, 4) is 0 Å². The Morgan fingerprint density at radius 2 is 1.89 bits per heavy atom. The van der Waals surface area contributed by atoms with E-state index in [-0.39, 0.29) is 6.61 Å². The number of para-hydroxylation sites is 1. The van der Waals surface area contributed by atoms with Gasteiger partial charge in [-0.05, 0) is 18.9 Å². The molecule has 0 aliphatic heterocycles. The van der Waals surface area contributed by atoms with E-state index in [0.29, 0.717) is 13.0 Å². The lowest BCUT2D eigenvalue weighted by molar-refractivity contribution is 0.174. The van der Waals surface area contributed by atoms with Gasteiger partial charge in [0.1, 0.15) is 0 Å². The molecule has 3 nitrogen and oxygen atoms in total. The Morgan fingerprint density at radius 3 is 2.50 bits per heavy atom. The molecule has 0 aliphatic carbocycles. The number of unbranched alkanes of at least 4 members (excludes halogenated alkanes) is 1. The zero-order valence-electron chi connectivity index (χ0n) is 11.5. The molecular formula is C15H25NO2. The number of hydrogen-bond acceptors (Lipinski definition) is 3. The van der Waals surface area contributed by atoms with Gasteiger partial charge in [-0.25, -0.2) is 0 Å². The van der Waals surface area contributed by atoms with E-state index in [1.54, 1.807) is 0 Å². The summed E-state index contributed by atoms with van der Waals surface area (Å²) in [6.45, 7) is 5.81. The first-order chi connectivity index (χ1) is 8.74. The molecule has 0 aromatic heterocycles. The summed E-state index contributed by atoms with van der Waals surface area (Å²) in [6.07, 6.45) is 2.50. The van der Waals surface area contributed by atoms with E-state index in [4.69, 9.17) is 0 Å². The highest BCUT2D eigenvalue weighted by atomic mass is 16.3. The van der Waals surface area contributed by atoms with Gasteiger partial charge >= 0.3 is 0 Å². The number of hydrogen-bond donors (Lipinski definition) is 2. The van der Waals surface area contributed by atoms with Crippen LogP contribution in [-0.2, 0) is 0 Å². The molecule has 0 amide bonds. The number of aliphatic hydroxyl groups excluding tert-OH is 2. The molecule has 2 N–H and O–H groups in total. The minimum absolute atomic E-state index is 0.139. The monoisotopic (exact) mass is 251 g/mol. The van der Waals surface area contributed by atoms with Gasteiger partial charge in [-0.1, -0.05) is 38.5 Å². The largest absolute Gasteiger partial charge is 0.395 e. The quantitative estimate of drug-likeness (QED) is 0.746. The van der Waals surface area contributed by atoms with Crippen LogP contribution in [0, 0.1) is 0 Å². The number of nitrogens with zero attached hydrogens (tertiary/aromatic N) is 1. The zero-order valence-corrected chi connectivity index (χ0v) is 11.5. The summed E-state index contributed by atoms with van der Waals surface area (Å²) in [6, 6.07) is 7.94. The molecule has 1 rings (SSSR count). The molecule has 0 radical (unpaired) electrons. The van der Waals surface area contributed by atoms with Crippen LogP contribution in [0.15, 0.2) is 24.3 Å². The van der Waals surface area contributed by atoms with Crippen molar-refractivity contribution in [1.29, 1.82) is 0 Å². The maximum absolute atomic E-state index is 10.1. The van der Waals surface area contributed by atoms with Gasteiger partial charge in [0.25, 0.3) is 0 Å². The van der Waals surface area contributed by atoms with Gasteiger partial charge in [-0.2, -0.15) is 0 Å². The summed E-state index contributed by atoms with van der Waals surface area (Å²) in [5.41, 5.74) is 2.01. The van der Waals surface area contributed by atoms with E-state index in [2.05, 4.69) is 11.8 Å². The van der Waals surface area contributed by atoms with Crippen LogP contribution >= 0.6 is 0 Å². The second kappa shape index (κ2) is 8.11. The molecule has 0 saturated heterocycles. The summed E-state index contributed by atoms with van der Waals surface area (Å²) in [5, 5.41) is 19.2. The van der Waals surface area contributed by atoms with E-state index in [9.17, 15) is 10.2 Å². The molecule has 0 heterocycles. The second-order valence-corrected chi connectivity index (χ2v) is 4.55. The summed E-state index contributed by atoms with van der Waals surface area (Å²) in [4.78, 5) is 2.16. The third-order valence-corrected chi connectivity index (χ3v) is 3.17. The summed E-state index contributed by atoms with van der Waals surface area (Å²) in [5.74, 6) is 0. The fraction of sp³-hybridized carbons (Fsp3) is 0.600. The molecular weight excluding hydrogens is 226 g/mol. The lowest BCUT2D eigenvalue weighted by Crippen LogP contribution is -2.29. The van der Waals surface area contributed by atoms with Crippen molar-refractivity contribution in [3.05, 3.63) is 29.8 Å². The molecule has 0 spiro atoms. The topological polar surface area (TPSA) is 43.7 Å². The average molecular weight is 251 g/mol. The Bertz CT molecular complexity index is 341. The van der Waals surface area contributed by atoms with Crippen LogP contribution in [0.4, 0.5) is 5.69 Å². The van der Waals surface area contributed by atoms with Gasteiger partial charge in [0.2, 0.25) is 0 Å². The fourth-order valence-corrected chi connectivity index (χ4v) is 2.10. The van der Waals surface area contributed by atoms with Crippen LogP contribution in [0.1, 0.15) is 44.8 Å². The maximum Gasteiger partial charge on any atom is 0.0807 e. The Kier molecular flexibility index (Phi) is 6.76. The molecule has 102 valence electrons. The Labute approximate surface area is 110 Å². The molecule has 18 heavy (non-hydrogen) atoms. The third kappa shape index (κ3) is 4.00. The maximum atomic E-state index is 10.1. The first-order valence-electron chi connectivity index (χ1n) is 6.87. The fourth-order valence-electron chi connectivity index (χ4n) is 2.10. The molecule has 0 aliphatic rings. The minimum atomic E-state index is -0.427. The van der Waals surface area contributed by atoms with Crippen LogP contribution in [0.25, 0.3) is 0 Å². The van der Waals surface area contributed by atoms with Gasteiger partial charge in [0, 0.05) is 24.3 Å². The van der Waals surface area contributed by atoms with Crippen molar-refractivity contribution in [2.75, 3.05) is 24.6 Å². The van der Waals surface area contributed by atoms with Crippen LogP contribution < -0.4 is 4.90 Å². The van der Waals surface area contributed by atoms with Crippen LogP contribution in [-0.4, -0.2) is 29.9 Å². The number of benzene rings is 1. The Morgan fingerprint density at radius 1 is 1.17 bits per heavy atom. The standard InChI is InChI=1S/C15H25NO2/c1-3-5-10-16(11-12-17)14-9-7-6-8-13(14)15(18)4-2/h6-9,15,17-18H,3-5,10-12H2,1-2H3/t15-/m0/s1. The van der Waals surface area contributed by atoms with Gasteiger partial charge in [0.15, 0.2) is 0 Å². The van der Waals surface area contributed by atoms with Crippen LogP contribution in [0.3, 0.4) is 0 Å². The van der Waals surface area contributed by atoms with Crippen molar-refractivity contribution in [2.24, 2.45) is 0 Å². The normalized spacial score (nSPS) is 12.4. The first kappa shape index (κ1) is 15.0. The van der Waals surface area contributed by atoms with Gasteiger partial charge < -0.3 is 15.1 Å². The van der Waals surface area contributed by atoms with Crippen molar-refractivity contribution in [1.82, 2.24) is 0 Å². The highest BCUT2D eigenvalue weighted by molar-refractivity contribution is 5.54. The Balaban J connectivity index is 2.94. The van der Waals surface area contributed by atoms with E-state index in [1.165, 1.54) is 0 Å². The lowest BCUT2D eigenvalue weighted by Gasteiger charge is -2.27. The lowest BCUT2D eigenvalue weighted by atomic mass is 10.0. The van der Waals surface area contributed by atoms with Crippen LogP contribution in [0.2, 0.25) is 0 Å². The molecule has 3 heteroatoms. The van der Waals surface area contributed by atoms with Gasteiger partial charge in [-0.3, -0.25) is 0 Å². The molecule has 0 bridgehead atoms. The average Bonchev–Trinajstić information content (AvgIpc) is 2.42. The number of anilines is 1. The molecule has 0 fully saturated rings. The second-order valence-electron chi connectivity index (χ2n) is 4.55. The third-order valence-electron chi connectivity index (χ3n) is 3.17. The summed E-state index contributed by atoms with van der Waals surface area (Å²) < 4.78 is 0. The van der Waals surface area contributed by atoms with Crippen molar-refractivity contribution >= 4 is 5.69 Å². The smallest absolute Gasteiger partial charge is 0.0807 e. The predicted molar refractivity (Wildman–Crippen MR) is 75.9 cm³/mol. The van der Waals surface area contributed by atoms with E-state index >= 15 is 0 Å². The van der Waals surface area contributed by atoms with Crippen molar-refractivity contribution < 1.29 is 10.2 Å². The van der Waals surface area contributed by atoms with E-state index < -0.39 is 6.10 Å². The molecule has 0 saturated carbocycles. The summed E-state index contributed by atoms with van der Waals surface area (Å²) in [7, 11) is 0. The van der Waals surface area contributed by atoms with Crippen molar-refractivity contribution in [3.63, 3.8) is 0 Å². The molecule has 1 aromatic carbocycles. The summed E-state index contributed by atoms with van der Waals surface area (Å²) >= 11 is 0. The first-order valence-corrected chi connectivity index (χ1v) is 6.87. The van der Waals surface area contributed by atoms with Gasteiger partial charge in [0.05, 0.1) is 12.7 Å². The SMILES string of the molecule is CCCCN(CCO)c1ccccc1[C@@H](O)CC. The number of aliphatic hydroxyl groups is 2. The van der Waals surface area contributed by atoms with E-state index in [0.717, 1.165) is 30.6 Å². The number of rotatable bonds is 8. The highest BCUT2D eigenvalue weighted by Gasteiger charge is 2.14. The van der Waals surface area contributed by atoms with Gasteiger partial charge in [-0.15, -0.1) is 0 Å². The predicted octanol–water partition coefficient (Wildman–Crippen LogP) is 2.73.